The molecule has 7 nitrogen and oxygen atoms in total. The van der Waals surface area contributed by atoms with Gasteiger partial charge in [0.05, 0.1) is 18.2 Å². The van der Waals surface area contributed by atoms with E-state index in [4.69, 9.17) is 9.31 Å². The lowest BCUT2D eigenvalue weighted by atomic mass is 9.78. The van der Waals surface area contributed by atoms with Gasteiger partial charge < -0.3 is 29.2 Å². The Balaban J connectivity index is 1.16. The molecule has 0 aliphatic carbocycles. The van der Waals surface area contributed by atoms with Crippen molar-refractivity contribution in [2.75, 3.05) is 5.32 Å². The summed E-state index contributed by atoms with van der Waals surface area (Å²) in [5, 5.41) is 24.6. The molecule has 3 N–H and O–H groups in total. The van der Waals surface area contributed by atoms with Crippen LogP contribution in [0.15, 0.2) is 101 Å². The molecule has 5 aromatic rings. The van der Waals surface area contributed by atoms with Crippen LogP contribution < -0.4 is 16.2 Å². The van der Waals surface area contributed by atoms with Gasteiger partial charge in [0.1, 0.15) is 0 Å². The van der Waals surface area contributed by atoms with Crippen LogP contribution in [-0.2, 0) is 20.7 Å². The molecule has 10 heteroatoms. The van der Waals surface area contributed by atoms with Gasteiger partial charge in [0.2, 0.25) is 5.91 Å². The summed E-state index contributed by atoms with van der Waals surface area (Å²) >= 11 is 1.68. The second kappa shape index (κ2) is 9.99. The zero-order valence-electron chi connectivity index (χ0n) is 21.6. The first-order valence-corrected chi connectivity index (χ1v) is 13.8. The first kappa shape index (κ1) is 25.2. The maximum Gasteiger partial charge on any atom is 0.492 e. The third-order valence-electron chi connectivity index (χ3n) is 7.38. The summed E-state index contributed by atoms with van der Waals surface area (Å²) in [5.74, 6) is -0.165. The first-order chi connectivity index (χ1) is 19.4. The molecule has 1 amide bonds. The highest BCUT2D eigenvalue weighted by molar-refractivity contribution is 7.99. The van der Waals surface area contributed by atoms with E-state index in [2.05, 4.69) is 46.4 Å². The molecule has 1 unspecified atom stereocenters. The van der Waals surface area contributed by atoms with E-state index < -0.39 is 20.3 Å². The Hall–Kier alpha value is -3.79. The SMILES string of the molecule is CC(=O)Nc1ccc2c(c1)B(O)OC2c1ccc(Sc2cn(-c3ccc4c(c3)B(O)OC4)c3ccccc23)cc1. The van der Waals surface area contributed by atoms with Crippen molar-refractivity contribution in [1.29, 1.82) is 0 Å². The zero-order chi connectivity index (χ0) is 27.4. The minimum atomic E-state index is -1.05. The third-order valence-corrected chi connectivity index (χ3v) is 8.43. The number of nitrogens with zero attached hydrogens (tertiary/aromatic N) is 1. The lowest BCUT2D eigenvalue weighted by Gasteiger charge is -2.14. The van der Waals surface area contributed by atoms with E-state index in [0.717, 1.165) is 48.5 Å². The summed E-state index contributed by atoms with van der Waals surface area (Å²) < 4.78 is 13.4. The topological polar surface area (TPSA) is 93.0 Å². The zero-order valence-corrected chi connectivity index (χ0v) is 22.4. The Morgan fingerprint density at radius 3 is 2.62 bits per heavy atom. The molecule has 4 aromatic carbocycles. The van der Waals surface area contributed by atoms with Crippen molar-refractivity contribution in [3.05, 3.63) is 108 Å². The second-order valence-corrected chi connectivity index (χ2v) is 11.1. The molecule has 1 atom stereocenters. The Labute approximate surface area is 236 Å². The summed E-state index contributed by atoms with van der Waals surface area (Å²) in [4.78, 5) is 13.6. The van der Waals surface area contributed by atoms with Gasteiger partial charge in [0.25, 0.3) is 0 Å². The summed E-state index contributed by atoms with van der Waals surface area (Å²) in [6.45, 7) is 1.88. The quantitative estimate of drug-likeness (QED) is 0.291. The summed E-state index contributed by atoms with van der Waals surface area (Å²) in [6.07, 6.45) is 1.74. The van der Waals surface area contributed by atoms with Gasteiger partial charge in [-0.1, -0.05) is 54.2 Å². The number of carbonyl (C=O) groups excluding carboxylic acids is 1. The van der Waals surface area contributed by atoms with E-state index in [1.807, 2.05) is 48.5 Å². The highest BCUT2D eigenvalue weighted by Gasteiger charge is 2.36. The van der Waals surface area contributed by atoms with Crippen LogP contribution in [0.1, 0.15) is 29.7 Å². The van der Waals surface area contributed by atoms with E-state index in [1.165, 1.54) is 6.92 Å². The predicted molar refractivity (Wildman–Crippen MR) is 158 cm³/mol. The van der Waals surface area contributed by atoms with Gasteiger partial charge in [-0.05, 0) is 70.1 Å². The lowest BCUT2D eigenvalue weighted by molar-refractivity contribution is -0.114. The number of amides is 1. The van der Waals surface area contributed by atoms with E-state index >= 15 is 0 Å². The monoisotopic (exact) mass is 546 g/mol. The normalized spacial score (nSPS) is 15.9. The molecule has 0 saturated heterocycles. The van der Waals surface area contributed by atoms with Crippen LogP contribution in [0.3, 0.4) is 0 Å². The van der Waals surface area contributed by atoms with Crippen molar-refractivity contribution in [3.63, 3.8) is 0 Å². The molecule has 0 bridgehead atoms. The maximum absolute atomic E-state index is 11.4. The first-order valence-electron chi connectivity index (χ1n) is 13.0. The van der Waals surface area contributed by atoms with Crippen LogP contribution in [0, 0.1) is 0 Å². The highest BCUT2D eigenvalue weighted by atomic mass is 32.2. The third kappa shape index (κ3) is 4.44. The largest absolute Gasteiger partial charge is 0.492 e. The van der Waals surface area contributed by atoms with Crippen molar-refractivity contribution in [2.24, 2.45) is 0 Å². The fourth-order valence-electron chi connectivity index (χ4n) is 5.48. The molecule has 40 heavy (non-hydrogen) atoms. The number of carbonyl (C=O) groups is 1. The molecule has 0 spiro atoms. The van der Waals surface area contributed by atoms with Crippen LogP contribution in [0.25, 0.3) is 16.6 Å². The Morgan fingerprint density at radius 1 is 0.975 bits per heavy atom. The molecule has 196 valence electrons. The Bertz CT molecular complexity index is 1770. The predicted octanol–water partition coefficient (Wildman–Crippen LogP) is 3.76. The van der Waals surface area contributed by atoms with Crippen LogP contribution in [0.5, 0.6) is 0 Å². The van der Waals surface area contributed by atoms with Gasteiger partial charge in [0, 0.05) is 39.7 Å². The fraction of sp³-hybridized carbons (Fsp3) is 0.100. The molecule has 1 aromatic heterocycles. The van der Waals surface area contributed by atoms with Gasteiger partial charge >= 0.3 is 14.2 Å². The van der Waals surface area contributed by atoms with Crippen LogP contribution in [-0.4, -0.2) is 34.8 Å². The molecular formula is C30H24B2N2O5S. The number of anilines is 1. The number of rotatable bonds is 5. The standard InChI is InChI=1S/C30H24B2N2O5S/c1-18(35)33-21-9-13-24-27(14-21)32(37)39-30(24)19-7-11-23(12-8-19)40-29-16-34(28-5-3-2-4-25(28)29)22-10-6-20-17-38-31(36)26(20)15-22/h2-16,30,36-37H,17H2,1H3,(H,33,35). The number of para-hydroxylation sites is 1. The maximum atomic E-state index is 11.4. The molecule has 2 aliphatic rings. The molecule has 0 radical (unpaired) electrons. The summed E-state index contributed by atoms with van der Waals surface area (Å²) in [5.41, 5.74) is 6.99. The van der Waals surface area contributed by atoms with E-state index in [1.54, 1.807) is 17.8 Å². The number of aromatic nitrogens is 1. The smallest absolute Gasteiger partial charge is 0.423 e. The Kier molecular flexibility index (Phi) is 6.30. The van der Waals surface area contributed by atoms with Crippen LogP contribution in [0.2, 0.25) is 0 Å². The molecule has 7 rings (SSSR count). The number of fused-ring (bicyclic) bond motifs is 3. The molecular weight excluding hydrogens is 522 g/mol. The molecule has 3 heterocycles. The highest BCUT2D eigenvalue weighted by Crippen LogP contribution is 2.38. The van der Waals surface area contributed by atoms with Gasteiger partial charge in [0.15, 0.2) is 0 Å². The van der Waals surface area contributed by atoms with E-state index in [-0.39, 0.29) is 5.91 Å². The fourth-order valence-corrected chi connectivity index (χ4v) is 6.44. The number of hydrogen-bond acceptors (Lipinski definition) is 6. The van der Waals surface area contributed by atoms with Crippen molar-refractivity contribution in [2.45, 2.75) is 29.4 Å². The van der Waals surface area contributed by atoms with Crippen LogP contribution in [0.4, 0.5) is 5.69 Å². The lowest BCUT2D eigenvalue weighted by Crippen LogP contribution is -2.28. The average Bonchev–Trinajstić information content (AvgIpc) is 3.62. The van der Waals surface area contributed by atoms with Crippen molar-refractivity contribution in [3.8, 4) is 5.69 Å². The molecule has 0 saturated carbocycles. The minimum absolute atomic E-state index is 0.165. The van der Waals surface area contributed by atoms with Crippen molar-refractivity contribution < 1.29 is 24.2 Å². The molecule has 2 aliphatic heterocycles. The van der Waals surface area contributed by atoms with E-state index in [9.17, 15) is 14.8 Å². The Morgan fingerprint density at radius 2 is 1.80 bits per heavy atom. The number of nitrogens with one attached hydrogen (secondary N) is 1. The summed E-state index contributed by atoms with van der Waals surface area (Å²) in [6, 6.07) is 28.0. The van der Waals surface area contributed by atoms with Crippen molar-refractivity contribution in [1.82, 2.24) is 4.57 Å². The van der Waals surface area contributed by atoms with Gasteiger partial charge in [-0.15, -0.1) is 0 Å². The van der Waals surface area contributed by atoms with Gasteiger partial charge in [-0.2, -0.15) is 0 Å². The molecule has 0 fully saturated rings. The number of benzene rings is 4. The minimum Gasteiger partial charge on any atom is -0.423 e. The second-order valence-electron chi connectivity index (χ2n) is 9.99. The van der Waals surface area contributed by atoms with Gasteiger partial charge in [-0.3, -0.25) is 4.79 Å². The van der Waals surface area contributed by atoms with Gasteiger partial charge in [-0.25, -0.2) is 0 Å². The summed E-state index contributed by atoms with van der Waals surface area (Å²) in [7, 11) is -1.94. The number of hydrogen-bond donors (Lipinski definition) is 3. The average molecular weight is 546 g/mol. The van der Waals surface area contributed by atoms with Crippen LogP contribution >= 0.6 is 11.8 Å². The van der Waals surface area contributed by atoms with Crippen molar-refractivity contribution >= 4 is 59.4 Å². The van der Waals surface area contributed by atoms with E-state index in [0.29, 0.717) is 17.8 Å².